The van der Waals surface area contributed by atoms with Crippen LogP contribution in [0.2, 0.25) is 0 Å². The lowest BCUT2D eigenvalue weighted by molar-refractivity contribution is 0.281. The maximum Gasteiger partial charge on any atom is 0.219 e. The smallest absolute Gasteiger partial charge is 0.219 e. The quantitative estimate of drug-likeness (QED) is 0.911. The van der Waals surface area contributed by atoms with Crippen LogP contribution >= 0.6 is 0 Å². The van der Waals surface area contributed by atoms with Gasteiger partial charge in [-0.25, -0.2) is 13.8 Å². The Labute approximate surface area is 103 Å². The number of aliphatic hydroxyl groups is 1. The molecule has 94 valence electrons. The second kappa shape index (κ2) is 5.10. The molecule has 0 spiro atoms. The van der Waals surface area contributed by atoms with E-state index in [2.05, 4.69) is 4.98 Å². The monoisotopic (exact) mass is 251 g/mol. The van der Waals surface area contributed by atoms with Crippen LogP contribution in [0.4, 0.5) is 8.78 Å². The molecule has 0 fully saturated rings. The first-order chi connectivity index (χ1) is 8.56. The Morgan fingerprint density at radius 3 is 2.39 bits per heavy atom. The summed E-state index contributed by atoms with van der Waals surface area (Å²) < 4.78 is 31.2. The summed E-state index contributed by atoms with van der Waals surface area (Å²) in [4.78, 5) is 4.06. The van der Waals surface area contributed by atoms with E-state index in [1.807, 2.05) is 0 Å². The van der Waals surface area contributed by atoms with Crippen LogP contribution in [0.5, 0.6) is 11.6 Å². The molecule has 5 heteroatoms. The Hall–Kier alpha value is -2.01. The highest BCUT2D eigenvalue weighted by Gasteiger charge is 2.05. The lowest BCUT2D eigenvalue weighted by Gasteiger charge is -2.07. The Balaban J connectivity index is 2.30. The highest BCUT2D eigenvalue weighted by molar-refractivity contribution is 5.31. The molecule has 0 bridgehead atoms. The zero-order chi connectivity index (χ0) is 13.1. The Morgan fingerprint density at radius 1 is 1.11 bits per heavy atom. The van der Waals surface area contributed by atoms with Crippen LogP contribution in [-0.2, 0) is 6.61 Å². The Morgan fingerprint density at radius 2 is 1.78 bits per heavy atom. The van der Waals surface area contributed by atoms with Gasteiger partial charge in [-0.3, -0.25) is 0 Å². The van der Waals surface area contributed by atoms with Crippen LogP contribution < -0.4 is 4.74 Å². The van der Waals surface area contributed by atoms with E-state index in [4.69, 9.17) is 9.84 Å². The Bertz CT molecular complexity index is 553. The van der Waals surface area contributed by atoms with Crippen molar-refractivity contribution in [2.24, 2.45) is 0 Å². The molecule has 0 amide bonds. The van der Waals surface area contributed by atoms with Gasteiger partial charge in [-0.1, -0.05) is 0 Å². The largest absolute Gasteiger partial charge is 0.439 e. The zero-order valence-electron chi connectivity index (χ0n) is 9.65. The van der Waals surface area contributed by atoms with Gasteiger partial charge in [0.25, 0.3) is 0 Å². The summed E-state index contributed by atoms with van der Waals surface area (Å²) in [6.07, 6.45) is 0. The molecule has 0 saturated heterocycles. The second-order valence-corrected chi connectivity index (χ2v) is 3.82. The standard InChI is InChI=1S/C13H11F2NO2/c1-8-2-9(7-17)3-13(16-8)18-12-5-10(14)4-11(15)6-12/h2-6,17H,7H2,1H3. The van der Waals surface area contributed by atoms with Crippen molar-refractivity contribution in [1.29, 1.82) is 0 Å². The number of ether oxygens (including phenoxy) is 1. The van der Waals surface area contributed by atoms with E-state index < -0.39 is 11.6 Å². The van der Waals surface area contributed by atoms with Crippen LogP contribution in [-0.4, -0.2) is 10.1 Å². The highest BCUT2D eigenvalue weighted by Crippen LogP contribution is 2.23. The third-order valence-electron chi connectivity index (χ3n) is 2.23. The summed E-state index contributed by atoms with van der Waals surface area (Å²) in [5.74, 6) is -1.24. The molecule has 1 heterocycles. The van der Waals surface area contributed by atoms with E-state index in [1.165, 1.54) is 6.07 Å². The molecule has 0 aliphatic rings. The summed E-state index contributed by atoms with van der Waals surface area (Å²) in [5.41, 5.74) is 1.27. The van der Waals surface area contributed by atoms with Gasteiger partial charge in [0.1, 0.15) is 17.4 Å². The Kier molecular flexibility index (Phi) is 3.53. The van der Waals surface area contributed by atoms with Crippen molar-refractivity contribution >= 4 is 0 Å². The van der Waals surface area contributed by atoms with Gasteiger partial charge in [-0.15, -0.1) is 0 Å². The number of rotatable bonds is 3. The van der Waals surface area contributed by atoms with Gasteiger partial charge in [0, 0.05) is 30.0 Å². The maximum atomic E-state index is 13.0. The number of hydrogen-bond donors (Lipinski definition) is 1. The number of pyridine rings is 1. The molecular weight excluding hydrogens is 240 g/mol. The molecule has 2 rings (SSSR count). The minimum absolute atomic E-state index is 0.0227. The number of benzene rings is 1. The number of halogens is 2. The van der Waals surface area contributed by atoms with Crippen molar-refractivity contribution in [1.82, 2.24) is 4.98 Å². The van der Waals surface area contributed by atoms with Crippen LogP contribution in [0, 0.1) is 18.6 Å². The average molecular weight is 251 g/mol. The minimum atomic E-state index is -0.722. The fourth-order valence-electron chi connectivity index (χ4n) is 1.56. The normalized spacial score (nSPS) is 10.4. The van der Waals surface area contributed by atoms with Gasteiger partial charge in [-0.05, 0) is 18.6 Å². The van der Waals surface area contributed by atoms with Crippen molar-refractivity contribution in [3.63, 3.8) is 0 Å². The molecule has 1 aromatic carbocycles. The number of aromatic nitrogens is 1. The maximum absolute atomic E-state index is 13.0. The number of aliphatic hydroxyl groups excluding tert-OH is 1. The fraction of sp³-hybridized carbons (Fsp3) is 0.154. The molecule has 0 saturated carbocycles. The molecule has 0 aliphatic heterocycles. The van der Waals surface area contributed by atoms with E-state index in [0.29, 0.717) is 11.3 Å². The lowest BCUT2D eigenvalue weighted by atomic mass is 10.2. The third kappa shape index (κ3) is 3.01. The molecular formula is C13H11F2NO2. The van der Waals surface area contributed by atoms with E-state index >= 15 is 0 Å². The van der Waals surface area contributed by atoms with Gasteiger partial charge in [0.2, 0.25) is 5.88 Å². The summed E-state index contributed by atoms with van der Waals surface area (Å²) in [6.45, 7) is 1.58. The molecule has 1 N–H and O–H groups in total. The predicted molar refractivity (Wildman–Crippen MR) is 61.3 cm³/mol. The lowest BCUT2D eigenvalue weighted by Crippen LogP contribution is -1.94. The van der Waals surface area contributed by atoms with Gasteiger partial charge in [0.05, 0.1) is 6.61 Å². The van der Waals surface area contributed by atoms with Crippen LogP contribution in [0.25, 0.3) is 0 Å². The van der Waals surface area contributed by atoms with Crippen molar-refractivity contribution in [2.75, 3.05) is 0 Å². The van der Waals surface area contributed by atoms with Crippen molar-refractivity contribution in [3.8, 4) is 11.6 Å². The van der Waals surface area contributed by atoms with Gasteiger partial charge >= 0.3 is 0 Å². The predicted octanol–water partition coefficient (Wildman–Crippen LogP) is 2.95. The topological polar surface area (TPSA) is 42.4 Å². The summed E-state index contributed by atoms with van der Waals surface area (Å²) in [7, 11) is 0. The molecule has 2 aromatic rings. The number of hydrogen-bond acceptors (Lipinski definition) is 3. The molecule has 0 aliphatic carbocycles. The zero-order valence-corrected chi connectivity index (χ0v) is 9.65. The fourth-order valence-corrected chi connectivity index (χ4v) is 1.56. The highest BCUT2D eigenvalue weighted by atomic mass is 19.1. The van der Waals surface area contributed by atoms with E-state index in [1.54, 1.807) is 13.0 Å². The van der Waals surface area contributed by atoms with Crippen molar-refractivity contribution < 1.29 is 18.6 Å². The number of aryl methyl sites for hydroxylation is 1. The second-order valence-electron chi connectivity index (χ2n) is 3.82. The van der Waals surface area contributed by atoms with Crippen molar-refractivity contribution in [3.05, 3.63) is 53.2 Å². The van der Waals surface area contributed by atoms with E-state index in [9.17, 15) is 8.78 Å². The van der Waals surface area contributed by atoms with Crippen LogP contribution in [0.1, 0.15) is 11.3 Å². The van der Waals surface area contributed by atoms with Gasteiger partial charge in [-0.2, -0.15) is 0 Å². The SMILES string of the molecule is Cc1cc(CO)cc(Oc2cc(F)cc(F)c2)n1. The summed E-state index contributed by atoms with van der Waals surface area (Å²) in [5, 5.41) is 9.04. The van der Waals surface area contributed by atoms with Gasteiger partial charge < -0.3 is 9.84 Å². The first-order valence-electron chi connectivity index (χ1n) is 5.29. The molecule has 3 nitrogen and oxygen atoms in total. The third-order valence-corrected chi connectivity index (χ3v) is 2.23. The van der Waals surface area contributed by atoms with Crippen LogP contribution in [0.15, 0.2) is 30.3 Å². The van der Waals surface area contributed by atoms with E-state index in [0.717, 1.165) is 18.2 Å². The first-order valence-corrected chi connectivity index (χ1v) is 5.29. The summed E-state index contributed by atoms with van der Waals surface area (Å²) >= 11 is 0. The number of nitrogens with zero attached hydrogens (tertiary/aromatic N) is 1. The molecule has 0 unspecified atom stereocenters. The summed E-state index contributed by atoms with van der Waals surface area (Å²) in [6, 6.07) is 6.09. The van der Waals surface area contributed by atoms with Crippen molar-refractivity contribution in [2.45, 2.75) is 13.5 Å². The average Bonchev–Trinajstić information content (AvgIpc) is 2.26. The molecule has 0 radical (unpaired) electrons. The first kappa shape index (κ1) is 12.4. The molecule has 18 heavy (non-hydrogen) atoms. The molecule has 1 aromatic heterocycles. The molecule has 0 atom stereocenters. The van der Waals surface area contributed by atoms with Gasteiger partial charge in [0.15, 0.2) is 0 Å². The van der Waals surface area contributed by atoms with Crippen LogP contribution in [0.3, 0.4) is 0 Å². The van der Waals surface area contributed by atoms with E-state index in [-0.39, 0.29) is 18.2 Å². The minimum Gasteiger partial charge on any atom is -0.439 e.